The van der Waals surface area contributed by atoms with Crippen molar-refractivity contribution in [2.24, 2.45) is 11.8 Å². The molecule has 6 atom stereocenters. The molecule has 0 radical (unpaired) electrons. The van der Waals surface area contributed by atoms with Crippen molar-refractivity contribution in [2.75, 3.05) is 39.6 Å². The quantitative estimate of drug-likeness (QED) is 0.0222. The first kappa shape index (κ1) is 92.1. The summed E-state index contributed by atoms with van der Waals surface area (Å²) in [5.41, 5.74) is 0. The molecule has 558 valence electrons. The first-order chi connectivity index (χ1) is 45.4. The van der Waals surface area contributed by atoms with Crippen molar-refractivity contribution in [3.63, 3.8) is 0 Å². The highest BCUT2D eigenvalue weighted by Crippen LogP contribution is 2.45. The summed E-state index contributed by atoms with van der Waals surface area (Å²) < 4.78 is 68.3. The van der Waals surface area contributed by atoms with Gasteiger partial charge in [-0.3, -0.25) is 37.3 Å². The zero-order valence-electron chi connectivity index (χ0n) is 61.3. The number of aliphatic hydroxyl groups excluding tert-OH is 1. The van der Waals surface area contributed by atoms with Crippen LogP contribution < -0.4 is 0 Å². The van der Waals surface area contributed by atoms with Gasteiger partial charge in [0.1, 0.15) is 19.3 Å². The molecule has 0 saturated heterocycles. The molecular weight excluding hydrogens is 1230 g/mol. The van der Waals surface area contributed by atoms with Crippen LogP contribution >= 0.6 is 15.6 Å². The summed E-state index contributed by atoms with van der Waals surface area (Å²) >= 11 is 0. The fourth-order valence-electron chi connectivity index (χ4n) is 11.4. The third-order valence-electron chi connectivity index (χ3n) is 17.8. The van der Waals surface area contributed by atoms with Gasteiger partial charge < -0.3 is 33.8 Å². The minimum absolute atomic E-state index is 0.103. The molecule has 0 aliphatic heterocycles. The lowest BCUT2D eigenvalue weighted by Gasteiger charge is -2.21. The number of ether oxygens (including phenoxy) is 4. The van der Waals surface area contributed by atoms with E-state index in [2.05, 4.69) is 41.5 Å². The van der Waals surface area contributed by atoms with E-state index in [-0.39, 0.29) is 25.7 Å². The molecule has 0 amide bonds. The Morgan fingerprint density at radius 3 is 0.809 bits per heavy atom. The second-order valence-electron chi connectivity index (χ2n) is 27.8. The number of carbonyl (C=O) groups is 4. The Morgan fingerprint density at radius 1 is 0.309 bits per heavy atom. The Bertz CT molecular complexity index is 1820. The second-order valence-corrected chi connectivity index (χ2v) is 30.7. The van der Waals surface area contributed by atoms with Gasteiger partial charge in [0, 0.05) is 25.7 Å². The molecule has 3 N–H and O–H groups in total. The molecule has 0 rings (SSSR count). The highest BCUT2D eigenvalue weighted by Gasteiger charge is 2.30. The Labute approximate surface area is 575 Å². The van der Waals surface area contributed by atoms with Gasteiger partial charge in [-0.15, -0.1) is 0 Å². The topological polar surface area (TPSA) is 237 Å². The Balaban J connectivity index is 5.14. The van der Waals surface area contributed by atoms with Gasteiger partial charge in [-0.05, 0) is 37.5 Å². The predicted molar refractivity (Wildman–Crippen MR) is 381 cm³/mol. The zero-order valence-corrected chi connectivity index (χ0v) is 63.1. The van der Waals surface area contributed by atoms with Crippen LogP contribution in [0.1, 0.15) is 388 Å². The SMILES string of the molecule is CCCCCCCCCCCCCCCCCCCCCCCCC(=O)O[C@H](COC(=O)CCCCCCCCCCCCCCC(C)C)COP(=O)(O)OC[C@@H](O)COP(=O)(O)OC[C@@H](COC(=O)CCCCCCCCC)OC(=O)CCCCCCCCC(C)CC. The van der Waals surface area contributed by atoms with E-state index in [1.807, 2.05) is 0 Å². The fourth-order valence-corrected chi connectivity index (χ4v) is 13.0. The molecule has 0 aromatic carbocycles. The van der Waals surface area contributed by atoms with E-state index in [9.17, 15) is 43.2 Å². The molecule has 0 aliphatic carbocycles. The number of hydrogen-bond acceptors (Lipinski definition) is 15. The molecular formula is C75H146O17P2. The first-order valence-electron chi connectivity index (χ1n) is 39.0. The Kier molecular flexibility index (Phi) is 65.5. The van der Waals surface area contributed by atoms with Crippen LogP contribution in [0.25, 0.3) is 0 Å². The van der Waals surface area contributed by atoms with Crippen molar-refractivity contribution >= 4 is 39.5 Å². The maximum absolute atomic E-state index is 13.1. The van der Waals surface area contributed by atoms with Crippen LogP contribution in [-0.2, 0) is 65.4 Å². The summed E-state index contributed by atoms with van der Waals surface area (Å²) in [6.07, 6.45) is 54.5. The van der Waals surface area contributed by atoms with Crippen molar-refractivity contribution in [3.05, 3.63) is 0 Å². The van der Waals surface area contributed by atoms with Gasteiger partial charge in [-0.25, -0.2) is 9.13 Å². The summed E-state index contributed by atoms with van der Waals surface area (Å²) in [6, 6.07) is 0. The van der Waals surface area contributed by atoms with Gasteiger partial charge in [0.2, 0.25) is 0 Å². The molecule has 0 bridgehead atoms. The molecule has 17 nitrogen and oxygen atoms in total. The van der Waals surface area contributed by atoms with E-state index < -0.39 is 97.5 Å². The number of aliphatic hydroxyl groups is 1. The van der Waals surface area contributed by atoms with Crippen LogP contribution in [0.5, 0.6) is 0 Å². The maximum atomic E-state index is 13.1. The number of hydrogen-bond donors (Lipinski definition) is 3. The van der Waals surface area contributed by atoms with Crippen molar-refractivity contribution < 1.29 is 80.2 Å². The number of esters is 4. The Hall–Kier alpha value is -1.94. The number of phosphoric acid groups is 2. The van der Waals surface area contributed by atoms with Crippen LogP contribution in [0.3, 0.4) is 0 Å². The third-order valence-corrected chi connectivity index (χ3v) is 19.7. The van der Waals surface area contributed by atoms with Crippen LogP contribution in [-0.4, -0.2) is 96.7 Å². The summed E-state index contributed by atoms with van der Waals surface area (Å²) in [7, 11) is -9.90. The highest BCUT2D eigenvalue weighted by atomic mass is 31.2. The largest absolute Gasteiger partial charge is 0.472 e. The molecule has 19 heteroatoms. The minimum atomic E-state index is -4.96. The smallest absolute Gasteiger partial charge is 0.462 e. The van der Waals surface area contributed by atoms with E-state index >= 15 is 0 Å². The van der Waals surface area contributed by atoms with Gasteiger partial charge in [-0.2, -0.15) is 0 Å². The first-order valence-corrected chi connectivity index (χ1v) is 42.0. The van der Waals surface area contributed by atoms with E-state index in [1.165, 1.54) is 193 Å². The second kappa shape index (κ2) is 66.9. The van der Waals surface area contributed by atoms with Gasteiger partial charge in [-0.1, -0.05) is 337 Å². The van der Waals surface area contributed by atoms with Crippen molar-refractivity contribution in [2.45, 2.75) is 407 Å². The fraction of sp³-hybridized carbons (Fsp3) is 0.947. The lowest BCUT2D eigenvalue weighted by Crippen LogP contribution is -2.30. The van der Waals surface area contributed by atoms with Crippen LogP contribution in [0.4, 0.5) is 0 Å². The average molecular weight is 1380 g/mol. The zero-order chi connectivity index (χ0) is 69.3. The lowest BCUT2D eigenvalue weighted by molar-refractivity contribution is -0.161. The van der Waals surface area contributed by atoms with E-state index in [0.717, 1.165) is 115 Å². The molecule has 3 unspecified atom stereocenters. The van der Waals surface area contributed by atoms with Crippen LogP contribution in [0.15, 0.2) is 0 Å². The van der Waals surface area contributed by atoms with Crippen LogP contribution in [0.2, 0.25) is 0 Å². The van der Waals surface area contributed by atoms with Gasteiger partial charge in [0.05, 0.1) is 26.4 Å². The molecule has 0 saturated carbocycles. The van der Waals surface area contributed by atoms with E-state index in [4.69, 9.17) is 37.0 Å². The third kappa shape index (κ3) is 67.3. The number of unbranched alkanes of at least 4 members (excludes halogenated alkanes) is 43. The Morgan fingerprint density at radius 2 is 0.543 bits per heavy atom. The number of rotatable bonds is 74. The summed E-state index contributed by atoms with van der Waals surface area (Å²) in [5, 5.41) is 10.6. The number of carbonyl (C=O) groups excluding carboxylic acids is 4. The molecule has 0 aromatic heterocycles. The molecule has 0 heterocycles. The molecule has 0 fully saturated rings. The predicted octanol–water partition coefficient (Wildman–Crippen LogP) is 21.9. The molecule has 94 heavy (non-hydrogen) atoms. The van der Waals surface area contributed by atoms with E-state index in [0.29, 0.717) is 25.7 Å². The summed E-state index contributed by atoms with van der Waals surface area (Å²) in [6.45, 7) is 9.50. The number of phosphoric ester groups is 2. The standard InChI is InChI=1S/C75H146O17P2/c1-7-10-12-14-16-17-18-19-20-21-22-23-24-25-26-27-28-33-36-40-47-53-59-74(79)91-70(64-86-73(78)58-52-46-39-35-32-30-29-31-34-38-43-49-55-67(4)5)65-89-93(81,82)87-61-69(76)62-88-94(83,84)90-66-71(63-85-72(77)57-51-45-37-15-13-11-8-2)92-75(80)60-54-48-42-41-44-50-56-68(6)9-3/h67-71,76H,7-66H2,1-6H3,(H,81,82)(H,83,84)/t68?,69-,70-,71-/m1/s1. The molecule has 0 spiro atoms. The monoisotopic (exact) mass is 1380 g/mol. The van der Waals surface area contributed by atoms with Gasteiger partial charge in [0.25, 0.3) is 0 Å². The summed E-state index contributed by atoms with van der Waals surface area (Å²) in [4.78, 5) is 72.5. The van der Waals surface area contributed by atoms with Gasteiger partial charge >= 0.3 is 39.5 Å². The lowest BCUT2D eigenvalue weighted by atomic mass is 10.00. The van der Waals surface area contributed by atoms with Gasteiger partial charge in [0.15, 0.2) is 12.2 Å². The van der Waals surface area contributed by atoms with E-state index in [1.54, 1.807) is 0 Å². The average Bonchev–Trinajstić information content (AvgIpc) is 3.44. The highest BCUT2D eigenvalue weighted by molar-refractivity contribution is 7.47. The molecule has 0 aromatic rings. The summed E-state index contributed by atoms with van der Waals surface area (Å²) in [5.74, 6) is -0.624. The van der Waals surface area contributed by atoms with Crippen molar-refractivity contribution in [1.29, 1.82) is 0 Å². The normalized spacial score (nSPS) is 14.3. The minimum Gasteiger partial charge on any atom is -0.462 e. The molecule has 0 aliphatic rings. The van der Waals surface area contributed by atoms with Crippen LogP contribution in [0, 0.1) is 11.8 Å². The maximum Gasteiger partial charge on any atom is 0.472 e. The van der Waals surface area contributed by atoms with Crippen molar-refractivity contribution in [3.8, 4) is 0 Å². The van der Waals surface area contributed by atoms with Crippen molar-refractivity contribution in [1.82, 2.24) is 0 Å².